The van der Waals surface area contributed by atoms with Crippen molar-refractivity contribution >= 4 is 75.4 Å². The van der Waals surface area contributed by atoms with Crippen molar-refractivity contribution in [1.82, 2.24) is 4.90 Å². The van der Waals surface area contributed by atoms with E-state index < -0.39 is 18.0 Å². The SMILES string of the molecule is C1CCOC1.CCN(CC)CC.Cc1cc(=O)oc2cc(CC(=O)c3ccc(B(O)O)cc3)ccc12.Cc1cc(=O)oc2cc(N)ccc12.O=Bc1ccc(C(=O)Cl)cc1. The van der Waals surface area contributed by atoms with E-state index in [9.17, 15) is 23.9 Å². The summed E-state index contributed by atoms with van der Waals surface area (Å²) in [6, 6.07) is 25.8. The predicted octanol–water partition coefficient (Wildman–Crippen LogP) is 5.78. The van der Waals surface area contributed by atoms with Gasteiger partial charge in [-0.05, 0) is 86.7 Å². The molecule has 0 amide bonds. The first-order valence-corrected chi connectivity index (χ1v) is 19.9. The number of hydrogen-bond donors (Lipinski definition) is 3. The van der Waals surface area contributed by atoms with E-state index in [1.54, 1.807) is 42.5 Å². The van der Waals surface area contributed by atoms with E-state index in [4.69, 9.17) is 41.0 Å². The normalized spacial score (nSPS) is 11.4. The first-order chi connectivity index (χ1) is 28.7. The molecule has 0 atom stereocenters. The molecule has 0 spiro atoms. The van der Waals surface area contributed by atoms with E-state index in [1.165, 1.54) is 68.9 Å². The number of hydrogen-bond acceptors (Lipinski definition) is 12. The molecule has 1 fully saturated rings. The molecule has 0 radical (unpaired) electrons. The van der Waals surface area contributed by atoms with Crippen LogP contribution in [0.25, 0.3) is 21.9 Å². The van der Waals surface area contributed by atoms with Gasteiger partial charge in [0.2, 0.25) is 0 Å². The van der Waals surface area contributed by atoms with Crippen LogP contribution >= 0.6 is 11.6 Å². The number of carbonyl (C=O) groups is 2. The number of Topliss-reactive ketones (excluding diaryl/α,β-unsaturated/α-hetero) is 1. The van der Waals surface area contributed by atoms with Gasteiger partial charge in [0.15, 0.2) is 5.78 Å². The fraction of sp³-hybridized carbons (Fsp3) is 0.289. The minimum atomic E-state index is -1.55. The number of nitrogens with zero attached hydrogens (tertiary/aromatic N) is 1. The maximum absolute atomic E-state index is 12.3. The molecular formula is C45H51B2ClN2O10. The number of nitrogen functional groups attached to an aromatic ring is 1. The first-order valence-electron chi connectivity index (χ1n) is 19.6. The Labute approximate surface area is 355 Å². The first kappa shape index (κ1) is 48.9. The molecule has 7 rings (SSSR count). The standard InChI is InChI=1S/C18H15BO5.C10H9NO2.C7H4BClO2.C6H15N.C4H8O/c1-11-8-18(21)24-17-10-12(2-7-15(11)17)9-16(20)13-3-5-14(6-4-13)19(22)23;1-6-4-10(12)13-9-5-7(11)2-3-8(6)9;9-7(10)5-1-3-6(8-11)4-2-5;1-4-7(5-2)6-3;1-2-4-5-3-1/h2-8,10,22-23H,9H2,1H3;2-5H,11H2,1H3;1-4H;4-6H2,1-3H3;1-4H2. The summed E-state index contributed by atoms with van der Waals surface area (Å²) < 4.78 is 25.3. The number of rotatable bonds is 9. The molecule has 3 heterocycles. The van der Waals surface area contributed by atoms with Crippen molar-refractivity contribution < 1.29 is 37.9 Å². The van der Waals surface area contributed by atoms with E-state index in [1.807, 2.05) is 32.0 Å². The molecule has 12 nitrogen and oxygen atoms in total. The maximum atomic E-state index is 12.3. The van der Waals surface area contributed by atoms with Crippen molar-refractivity contribution in [3.63, 3.8) is 0 Å². The Bertz CT molecular complexity index is 2410. The molecule has 1 aliphatic heterocycles. The number of fused-ring (bicyclic) bond motifs is 2. The fourth-order valence-corrected chi connectivity index (χ4v) is 5.95. The zero-order valence-electron chi connectivity index (χ0n) is 34.6. The Kier molecular flexibility index (Phi) is 20.5. The van der Waals surface area contributed by atoms with Crippen LogP contribution in [0, 0.1) is 13.8 Å². The molecular weight excluding hydrogens is 786 g/mol. The number of ketones is 1. The molecule has 0 bridgehead atoms. The summed E-state index contributed by atoms with van der Waals surface area (Å²) in [7, 11) is -0.844. The Morgan fingerprint density at radius 1 is 0.733 bits per heavy atom. The summed E-state index contributed by atoms with van der Waals surface area (Å²) in [6.07, 6.45) is 2.72. The van der Waals surface area contributed by atoms with E-state index >= 15 is 0 Å². The van der Waals surface area contributed by atoms with Gasteiger partial charge in [0.05, 0.1) is 0 Å². The van der Waals surface area contributed by atoms with Crippen molar-refractivity contribution in [3.8, 4) is 0 Å². The second-order valence-corrected chi connectivity index (χ2v) is 14.0. The van der Waals surface area contributed by atoms with Crippen LogP contribution in [0.3, 0.4) is 0 Å². The van der Waals surface area contributed by atoms with Gasteiger partial charge in [-0.15, -0.1) is 0 Å². The van der Waals surface area contributed by atoms with Gasteiger partial charge in [0.1, 0.15) is 11.2 Å². The molecule has 0 saturated carbocycles. The van der Waals surface area contributed by atoms with Gasteiger partial charge < -0.3 is 34.3 Å². The van der Waals surface area contributed by atoms with Gasteiger partial charge in [0, 0.05) is 59.9 Å². The van der Waals surface area contributed by atoms with E-state index in [-0.39, 0.29) is 17.8 Å². The van der Waals surface area contributed by atoms with Crippen molar-refractivity contribution in [2.45, 2.75) is 53.9 Å². The summed E-state index contributed by atoms with van der Waals surface area (Å²) in [5.41, 5.74) is 10.6. The van der Waals surface area contributed by atoms with Crippen LogP contribution in [0.4, 0.5) is 5.69 Å². The van der Waals surface area contributed by atoms with Crippen LogP contribution in [0.2, 0.25) is 0 Å². The third-order valence-corrected chi connectivity index (χ3v) is 9.55. The Hall–Kier alpha value is -5.50. The molecule has 2 aromatic heterocycles. The van der Waals surface area contributed by atoms with Crippen LogP contribution in [0.5, 0.6) is 0 Å². The Balaban J connectivity index is 0.000000225. The number of halogens is 1. The molecule has 1 aliphatic rings. The molecule has 60 heavy (non-hydrogen) atoms. The Morgan fingerprint density at radius 3 is 1.67 bits per heavy atom. The Morgan fingerprint density at radius 2 is 1.23 bits per heavy atom. The average Bonchev–Trinajstić information content (AvgIpc) is 3.83. The number of aryl methyl sites for hydroxylation is 2. The van der Waals surface area contributed by atoms with Crippen molar-refractivity contribution in [2.75, 3.05) is 38.6 Å². The summed E-state index contributed by atoms with van der Waals surface area (Å²) in [6.45, 7) is 15.8. The molecule has 6 aromatic rings. The van der Waals surface area contributed by atoms with Crippen LogP contribution in [-0.4, -0.2) is 73.1 Å². The zero-order valence-corrected chi connectivity index (χ0v) is 35.4. The quantitative estimate of drug-likeness (QED) is 0.0525. The van der Waals surface area contributed by atoms with Crippen LogP contribution in [0.15, 0.2) is 115 Å². The second-order valence-electron chi connectivity index (χ2n) is 13.6. The predicted molar refractivity (Wildman–Crippen MR) is 239 cm³/mol. The topological polar surface area (TPSA) is 191 Å². The molecule has 0 unspecified atom stereocenters. The van der Waals surface area contributed by atoms with E-state index in [2.05, 4.69) is 25.7 Å². The summed E-state index contributed by atoms with van der Waals surface area (Å²) >= 11 is 5.17. The van der Waals surface area contributed by atoms with E-state index in [0.29, 0.717) is 46.1 Å². The van der Waals surface area contributed by atoms with Crippen LogP contribution < -0.4 is 27.9 Å². The summed E-state index contributed by atoms with van der Waals surface area (Å²) in [5, 5.41) is 19.4. The van der Waals surface area contributed by atoms with Crippen molar-refractivity contribution in [2.24, 2.45) is 0 Å². The summed E-state index contributed by atoms with van der Waals surface area (Å²) in [5.74, 6) is -0.108. The van der Waals surface area contributed by atoms with Gasteiger partial charge in [-0.1, -0.05) is 57.2 Å². The molecule has 15 heteroatoms. The number of ether oxygens (including phenoxy) is 1. The molecule has 4 aromatic carbocycles. The molecule has 314 valence electrons. The minimum absolute atomic E-state index is 0.108. The monoisotopic (exact) mass is 836 g/mol. The van der Waals surface area contributed by atoms with Gasteiger partial charge >= 0.3 is 87.2 Å². The average molecular weight is 837 g/mol. The van der Waals surface area contributed by atoms with Crippen LogP contribution in [-0.2, 0) is 15.9 Å². The van der Waals surface area contributed by atoms with E-state index in [0.717, 1.165) is 40.7 Å². The van der Waals surface area contributed by atoms with Gasteiger partial charge in [-0.25, -0.2) is 9.59 Å². The number of carbonyl (C=O) groups excluding carboxylic acids is 2. The third kappa shape index (κ3) is 15.9. The molecule has 1 saturated heterocycles. The number of anilines is 1. The number of benzene rings is 4. The van der Waals surface area contributed by atoms with Gasteiger partial charge in [-0.3, -0.25) is 4.79 Å². The molecule has 0 aliphatic carbocycles. The summed E-state index contributed by atoms with van der Waals surface area (Å²) in [4.78, 5) is 47.7. The van der Waals surface area contributed by atoms with Gasteiger partial charge in [0.25, 0.3) is 0 Å². The van der Waals surface area contributed by atoms with Crippen LogP contribution in [0.1, 0.15) is 71.0 Å². The number of nitrogens with two attached hydrogens (primary N) is 1. The fourth-order valence-electron chi connectivity index (χ4n) is 5.82. The van der Waals surface area contributed by atoms with Gasteiger partial charge in [-0.2, -0.15) is 0 Å². The van der Waals surface area contributed by atoms with Crippen molar-refractivity contribution in [3.05, 3.63) is 146 Å². The van der Waals surface area contributed by atoms with Crippen molar-refractivity contribution in [1.29, 1.82) is 0 Å². The molecule has 4 N–H and O–H groups in total. The zero-order chi connectivity index (χ0) is 44.2. The second kappa shape index (κ2) is 25.2. The third-order valence-electron chi connectivity index (χ3n) is 9.33.